The molecule has 1 atom stereocenters. The number of aromatic nitrogens is 4. The van der Waals surface area contributed by atoms with Gasteiger partial charge in [-0.1, -0.05) is 18.2 Å². The van der Waals surface area contributed by atoms with E-state index in [1.807, 2.05) is 55.6 Å². The summed E-state index contributed by atoms with van der Waals surface area (Å²) in [5, 5.41) is 10.1. The summed E-state index contributed by atoms with van der Waals surface area (Å²) < 4.78 is 7.47. The molecule has 0 spiro atoms. The number of ether oxygens (including phenoxy) is 1. The number of thiazole rings is 1. The molecule has 30 heavy (non-hydrogen) atoms. The first-order valence-electron chi connectivity index (χ1n) is 9.48. The third kappa shape index (κ3) is 4.72. The van der Waals surface area contributed by atoms with Gasteiger partial charge in [-0.15, -0.1) is 11.3 Å². The van der Waals surface area contributed by atoms with E-state index in [0.29, 0.717) is 17.9 Å². The summed E-state index contributed by atoms with van der Waals surface area (Å²) >= 11 is 1.59. The molecule has 7 nitrogen and oxygen atoms in total. The predicted octanol–water partition coefficient (Wildman–Crippen LogP) is 4.10. The van der Waals surface area contributed by atoms with E-state index < -0.39 is 0 Å². The molecule has 4 aromatic rings. The summed E-state index contributed by atoms with van der Waals surface area (Å²) in [6.07, 6.45) is 3.14. The fraction of sp³-hybridized carbons (Fsp3) is 0.182. The van der Waals surface area contributed by atoms with E-state index in [4.69, 9.17) is 4.74 Å². The lowest BCUT2D eigenvalue weighted by Crippen LogP contribution is -2.26. The molecule has 0 aliphatic heterocycles. The van der Waals surface area contributed by atoms with Gasteiger partial charge in [0.25, 0.3) is 5.91 Å². The van der Waals surface area contributed by atoms with Crippen molar-refractivity contribution in [3.05, 3.63) is 88.4 Å². The van der Waals surface area contributed by atoms with Gasteiger partial charge < -0.3 is 10.1 Å². The lowest BCUT2D eigenvalue weighted by molar-refractivity contribution is 0.0939. The first kappa shape index (κ1) is 19.8. The van der Waals surface area contributed by atoms with Crippen molar-refractivity contribution in [2.75, 3.05) is 0 Å². The van der Waals surface area contributed by atoms with E-state index in [9.17, 15) is 4.79 Å². The molecule has 2 aromatic heterocycles. The van der Waals surface area contributed by atoms with Crippen molar-refractivity contribution in [3.63, 3.8) is 0 Å². The zero-order valence-corrected chi connectivity index (χ0v) is 17.5. The molecule has 0 fully saturated rings. The van der Waals surface area contributed by atoms with Gasteiger partial charge in [0.15, 0.2) is 0 Å². The van der Waals surface area contributed by atoms with Crippen LogP contribution < -0.4 is 10.1 Å². The average molecular weight is 420 g/mol. The molecule has 1 amide bonds. The smallest absolute Gasteiger partial charge is 0.251 e. The average Bonchev–Trinajstić information content (AvgIpc) is 3.44. The maximum absolute atomic E-state index is 12.7. The Bertz CT molecular complexity index is 1120. The Morgan fingerprint density at radius 1 is 1.23 bits per heavy atom. The Kier molecular flexibility index (Phi) is 5.85. The highest BCUT2D eigenvalue weighted by atomic mass is 32.1. The molecule has 0 unspecified atom stereocenters. The number of rotatable bonds is 7. The Morgan fingerprint density at radius 3 is 2.77 bits per heavy atom. The van der Waals surface area contributed by atoms with Gasteiger partial charge in [0.2, 0.25) is 0 Å². The number of amides is 1. The van der Waals surface area contributed by atoms with E-state index in [1.54, 1.807) is 34.5 Å². The van der Waals surface area contributed by atoms with Crippen molar-refractivity contribution in [1.29, 1.82) is 0 Å². The molecule has 152 valence electrons. The first-order valence-corrected chi connectivity index (χ1v) is 10.4. The molecule has 0 aliphatic carbocycles. The number of hydrogen-bond donors (Lipinski definition) is 1. The minimum Gasteiger partial charge on any atom is -0.487 e. The number of carbonyl (C=O) groups is 1. The number of hydrogen-bond acceptors (Lipinski definition) is 6. The lowest BCUT2D eigenvalue weighted by Gasteiger charge is -2.15. The molecule has 0 radical (unpaired) electrons. The van der Waals surface area contributed by atoms with Crippen LogP contribution in [0.3, 0.4) is 0 Å². The Hall–Kier alpha value is -3.52. The van der Waals surface area contributed by atoms with Crippen LogP contribution in [0.25, 0.3) is 5.69 Å². The van der Waals surface area contributed by atoms with Gasteiger partial charge in [-0.2, -0.15) is 5.10 Å². The summed E-state index contributed by atoms with van der Waals surface area (Å²) in [5.41, 5.74) is 3.34. The number of nitrogens with one attached hydrogen (secondary N) is 1. The minimum atomic E-state index is -0.155. The third-order valence-corrected chi connectivity index (χ3v) is 5.40. The van der Waals surface area contributed by atoms with Crippen LogP contribution >= 0.6 is 11.3 Å². The zero-order chi connectivity index (χ0) is 20.9. The van der Waals surface area contributed by atoms with E-state index in [1.165, 1.54) is 6.33 Å². The van der Waals surface area contributed by atoms with Gasteiger partial charge in [-0.05, 0) is 49.7 Å². The van der Waals surface area contributed by atoms with Crippen LogP contribution in [-0.4, -0.2) is 25.7 Å². The highest BCUT2D eigenvalue weighted by Gasteiger charge is 2.13. The van der Waals surface area contributed by atoms with E-state index in [2.05, 4.69) is 20.4 Å². The molecular formula is C22H21N5O2S. The molecule has 4 rings (SSSR count). The van der Waals surface area contributed by atoms with Crippen LogP contribution in [-0.2, 0) is 6.61 Å². The van der Waals surface area contributed by atoms with Crippen molar-refractivity contribution < 1.29 is 9.53 Å². The number of nitrogens with zero attached hydrogens (tertiary/aromatic N) is 4. The Labute approximate surface area is 178 Å². The van der Waals surface area contributed by atoms with Crippen LogP contribution in [0.5, 0.6) is 5.75 Å². The summed E-state index contributed by atoms with van der Waals surface area (Å²) in [7, 11) is 0. The van der Waals surface area contributed by atoms with Gasteiger partial charge in [-0.3, -0.25) is 4.79 Å². The molecule has 0 aliphatic rings. The van der Waals surface area contributed by atoms with E-state index >= 15 is 0 Å². The summed E-state index contributed by atoms with van der Waals surface area (Å²) in [6.45, 7) is 4.29. The topological polar surface area (TPSA) is 81.9 Å². The number of aryl methyl sites for hydroxylation is 1. The van der Waals surface area contributed by atoms with Crippen LogP contribution in [0, 0.1) is 6.92 Å². The van der Waals surface area contributed by atoms with Gasteiger partial charge in [0, 0.05) is 10.9 Å². The highest BCUT2D eigenvalue weighted by molar-refractivity contribution is 7.09. The van der Waals surface area contributed by atoms with Crippen LogP contribution in [0.2, 0.25) is 0 Å². The van der Waals surface area contributed by atoms with Crippen molar-refractivity contribution >= 4 is 17.2 Å². The molecule has 2 aromatic carbocycles. The lowest BCUT2D eigenvalue weighted by atomic mass is 10.1. The summed E-state index contributed by atoms with van der Waals surface area (Å²) in [5.74, 6) is 0.482. The van der Waals surface area contributed by atoms with Gasteiger partial charge in [-0.25, -0.2) is 14.6 Å². The quantitative estimate of drug-likeness (QED) is 0.488. The monoisotopic (exact) mass is 419 g/mol. The SMILES string of the molecule is Cc1nc(COc2cccc(C(=O)N[C@H](C)c3ccc(-n4cncn4)cc3)c2)cs1. The van der Waals surface area contributed by atoms with E-state index in [-0.39, 0.29) is 11.9 Å². The Morgan fingerprint density at radius 2 is 2.07 bits per heavy atom. The first-order chi connectivity index (χ1) is 14.6. The van der Waals surface area contributed by atoms with Crippen molar-refractivity contribution in [1.82, 2.24) is 25.1 Å². The largest absolute Gasteiger partial charge is 0.487 e. The maximum Gasteiger partial charge on any atom is 0.251 e. The minimum absolute atomic E-state index is 0.148. The van der Waals surface area contributed by atoms with Crippen LogP contribution in [0.15, 0.2) is 66.6 Å². The summed E-state index contributed by atoms with van der Waals surface area (Å²) in [6, 6.07) is 14.9. The molecule has 0 saturated carbocycles. The summed E-state index contributed by atoms with van der Waals surface area (Å²) in [4.78, 5) is 21.0. The fourth-order valence-electron chi connectivity index (χ4n) is 2.98. The molecular weight excluding hydrogens is 398 g/mol. The molecule has 1 N–H and O–H groups in total. The predicted molar refractivity (Wildman–Crippen MR) is 115 cm³/mol. The normalized spacial score (nSPS) is 11.8. The second-order valence-electron chi connectivity index (χ2n) is 6.80. The van der Waals surface area contributed by atoms with Crippen LogP contribution in [0.4, 0.5) is 0 Å². The van der Waals surface area contributed by atoms with Crippen molar-refractivity contribution in [2.45, 2.75) is 26.5 Å². The van der Waals surface area contributed by atoms with Crippen molar-refractivity contribution in [3.8, 4) is 11.4 Å². The third-order valence-electron chi connectivity index (χ3n) is 4.57. The van der Waals surface area contributed by atoms with Gasteiger partial charge in [0.1, 0.15) is 25.0 Å². The second-order valence-corrected chi connectivity index (χ2v) is 7.86. The van der Waals surface area contributed by atoms with Crippen LogP contribution in [0.1, 0.15) is 39.6 Å². The Balaban J connectivity index is 1.38. The molecule has 0 bridgehead atoms. The molecule has 2 heterocycles. The molecule has 0 saturated heterocycles. The zero-order valence-electron chi connectivity index (χ0n) is 16.6. The van der Waals surface area contributed by atoms with E-state index in [0.717, 1.165) is 22.0 Å². The number of benzene rings is 2. The molecule has 8 heteroatoms. The number of carbonyl (C=O) groups excluding carboxylic acids is 1. The van der Waals surface area contributed by atoms with Gasteiger partial charge in [0.05, 0.1) is 22.4 Å². The van der Waals surface area contributed by atoms with Gasteiger partial charge >= 0.3 is 0 Å². The maximum atomic E-state index is 12.7. The highest BCUT2D eigenvalue weighted by Crippen LogP contribution is 2.19. The standard InChI is InChI=1S/C22H21N5O2S/c1-15(17-6-8-20(9-7-17)27-14-23-13-24-27)25-22(28)18-4-3-5-21(10-18)29-11-19-12-30-16(2)26-19/h3-10,12-15H,11H2,1-2H3,(H,25,28)/t15-/m1/s1. The fourth-order valence-corrected chi connectivity index (χ4v) is 3.58. The second kappa shape index (κ2) is 8.87. The van der Waals surface area contributed by atoms with Crippen molar-refractivity contribution in [2.24, 2.45) is 0 Å².